The van der Waals surface area contributed by atoms with Crippen LogP contribution in [-0.4, -0.2) is 25.7 Å². The molecule has 0 aliphatic carbocycles. The van der Waals surface area contributed by atoms with Gasteiger partial charge in [0.25, 0.3) is 0 Å². The summed E-state index contributed by atoms with van der Waals surface area (Å²) < 4.78 is 3.12. The largest absolute Gasteiger partial charge is 0.282 e. The average Bonchev–Trinajstić information content (AvgIpc) is 3.08. The van der Waals surface area contributed by atoms with Crippen LogP contribution in [0.25, 0.3) is 16.7 Å². The summed E-state index contributed by atoms with van der Waals surface area (Å²) in [5, 5.41) is 18.3. The molecule has 0 saturated carbocycles. The molecule has 25 heavy (non-hydrogen) atoms. The highest BCUT2D eigenvalue weighted by atomic mass is 35.5. The molecule has 0 atom stereocenters. The molecule has 1 N–H and O–H groups in total. The van der Waals surface area contributed by atoms with E-state index in [1.165, 1.54) is 11.0 Å². The van der Waals surface area contributed by atoms with Crippen LogP contribution in [0.2, 0.25) is 5.02 Å². The fourth-order valence-corrected chi connectivity index (χ4v) is 2.57. The molecule has 4 rings (SSSR count). The summed E-state index contributed by atoms with van der Waals surface area (Å²) >= 11 is 5.87. The number of para-hydroxylation sites is 1. The van der Waals surface area contributed by atoms with Crippen molar-refractivity contribution in [3.05, 3.63) is 83.2 Å². The number of benzene rings is 2. The first-order chi connectivity index (χ1) is 12.2. The van der Waals surface area contributed by atoms with Crippen LogP contribution in [-0.2, 0) is 0 Å². The van der Waals surface area contributed by atoms with Gasteiger partial charge in [0.1, 0.15) is 6.33 Å². The molecular formula is C18H13ClN6. The summed E-state index contributed by atoms with van der Waals surface area (Å²) in [5.74, 6) is 0. The lowest BCUT2D eigenvalue weighted by Gasteiger charge is -2.03. The van der Waals surface area contributed by atoms with E-state index in [0.29, 0.717) is 16.1 Å². The predicted molar refractivity (Wildman–Crippen MR) is 97.2 cm³/mol. The Bertz CT molecular complexity index is 1110. The first-order valence-corrected chi connectivity index (χ1v) is 7.95. The Balaban J connectivity index is 1.74. The van der Waals surface area contributed by atoms with Crippen molar-refractivity contribution in [3.8, 4) is 5.69 Å². The Morgan fingerprint density at radius 3 is 2.56 bits per heavy atom. The summed E-state index contributed by atoms with van der Waals surface area (Å²) in [7, 11) is 0. The first-order valence-electron chi connectivity index (χ1n) is 7.58. The molecule has 2 aromatic heterocycles. The molecule has 7 heteroatoms. The van der Waals surface area contributed by atoms with Crippen LogP contribution in [0.15, 0.2) is 72.2 Å². The minimum absolute atomic E-state index is 0.220. The maximum Gasteiger partial charge on any atom is 0.168 e. The molecule has 2 heterocycles. The summed E-state index contributed by atoms with van der Waals surface area (Å²) in [6, 6.07) is 17.0. The van der Waals surface area contributed by atoms with Crippen molar-refractivity contribution >= 4 is 28.8 Å². The van der Waals surface area contributed by atoms with Gasteiger partial charge in [0, 0.05) is 5.02 Å². The second-order valence-electron chi connectivity index (χ2n) is 5.36. The highest BCUT2D eigenvalue weighted by molar-refractivity contribution is 6.30. The molecule has 6 nitrogen and oxygen atoms in total. The van der Waals surface area contributed by atoms with Crippen molar-refractivity contribution < 1.29 is 0 Å². The lowest BCUT2D eigenvalue weighted by Crippen LogP contribution is -2.17. The Labute approximate surface area is 148 Å². The Morgan fingerprint density at radius 2 is 1.80 bits per heavy atom. The smallest absolute Gasteiger partial charge is 0.168 e. The van der Waals surface area contributed by atoms with Crippen LogP contribution in [0.5, 0.6) is 0 Å². The zero-order chi connectivity index (χ0) is 17.2. The van der Waals surface area contributed by atoms with Crippen LogP contribution in [0, 0.1) is 5.41 Å². The van der Waals surface area contributed by atoms with Crippen molar-refractivity contribution in [2.75, 3.05) is 0 Å². The van der Waals surface area contributed by atoms with Crippen molar-refractivity contribution in [2.45, 2.75) is 0 Å². The average molecular weight is 349 g/mol. The minimum atomic E-state index is 0.220. The van der Waals surface area contributed by atoms with Gasteiger partial charge in [-0.25, -0.2) is 14.3 Å². The van der Waals surface area contributed by atoms with E-state index in [0.717, 1.165) is 11.3 Å². The monoisotopic (exact) mass is 348 g/mol. The first kappa shape index (κ1) is 15.3. The quantitative estimate of drug-likeness (QED) is 0.577. The number of nitrogens with one attached hydrogen (secondary N) is 1. The summed E-state index contributed by atoms with van der Waals surface area (Å²) in [4.78, 5) is 4.41. The van der Waals surface area contributed by atoms with Crippen molar-refractivity contribution in [2.24, 2.45) is 5.10 Å². The Morgan fingerprint density at radius 1 is 1.04 bits per heavy atom. The lowest BCUT2D eigenvalue weighted by atomic mass is 10.2. The van der Waals surface area contributed by atoms with Crippen LogP contribution >= 0.6 is 11.6 Å². The highest BCUT2D eigenvalue weighted by Gasteiger charge is 2.08. The van der Waals surface area contributed by atoms with E-state index in [1.807, 2.05) is 42.5 Å². The highest BCUT2D eigenvalue weighted by Crippen LogP contribution is 2.13. The van der Waals surface area contributed by atoms with Gasteiger partial charge in [-0.15, -0.1) is 0 Å². The molecular weight excluding hydrogens is 336 g/mol. The van der Waals surface area contributed by atoms with E-state index in [-0.39, 0.29) is 5.49 Å². The van der Waals surface area contributed by atoms with E-state index < -0.39 is 0 Å². The lowest BCUT2D eigenvalue weighted by molar-refractivity contribution is 0.779. The second kappa shape index (κ2) is 6.33. The second-order valence-corrected chi connectivity index (χ2v) is 5.80. The SMILES string of the molecule is N=c1c2cnn(-c3ccccc3)c2ncn1/N=C/c1ccc(Cl)cc1. The third kappa shape index (κ3) is 2.95. The number of fused-ring (bicyclic) bond motifs is 1. The predicted octanol–water partition coefficient (Wildman–Crippen LogP) is 3.24. The summed E-state index contributed by atoms with van der Waals surface area (Å²) in [6.07, 6.45) is 4.80. The Hall–Kier alpha value is -3.25. The maximum absolute atomic E-state index is 8.35. The van der Waals surface area contributed by atoms with E-state index in [1.54, 1.807) is 29.2 Å². The van der Waals surface area contributed by atoms with Gasteiger partial charge >= 0.3 is 0 Å². The van der Waals surface area contributed by atoms with E-state index >= 15 is 0 Å². The summed E-state index contributed by atoms with van der Waals surface area (Å²) in [6.45, 7) is 0. The van der Waals surface area contributed by atoms with E-state index in [4.69, 9.17) is 17.0 Å². The van der Waals surface area contributed by atoms with Gasteiger partial charge < -0.3 is 0 Å². The van der Waals surface area contributed by atoms with E-state index in [2.05, 4.69) is 15.2 Å². The van der Waals surface area contributed by atoms with Gasteiger partial charge in [-0.3, -0.25) is 5.41 Å². The number of nitrogens with zero attached hydrogens (tertiary/aromatic N) is 5. The number of hydrogen-bond donors (Lipinski definition) is 1. The van der Waals surface area contributed by atoms with Gasteiger partial charge in [0.2, 0.25) is 0 Å². The zero-order valence-electron chi connectivity index (χ0n) is 13.0. The van der Waals surface area contributed by atoms with Crippen molar-refractivity contribution in [3.63, 3.8) is 0 Å². The number of halogens is 1. The molecule has 0 bridgehead atoms. The number of hydrogen-bond acceptors (Lipinski definition) is 4. The van der Waals surface area contributed by atoms with Crippen LogP contribution in [0.4, 0.5) is 0 Å². The third-order valence-corrected chi connectivity index (χ3v) is 3.97. The molecule has 4 aromatic rings. The molecule has 0 fully saturated rings. The maximum atomic E-state index is 8.35. The Kier molecular flexibility index (Phi) is 3.87. The van der Waals surface area contributed by atoms with Crippen LogP contribution in [0.1, 0.15) is 5.56 Å². The topological polar surface area (TPSA) is 71.8 Å². The molecule has 0 saturated heterocycles. The van der Waals surface area contributed by atoms with Gasteiger partial charge in [-0.05, 0) is 29.8 Å². The molecule has 122 valence electrons. The zero-order valence-corrected chi connectivity index (χ0v) is 13.8. The van der Waals surface area contributed by atoms with Gasteiger partial charge in [0.05, 0.1) is 23.5 Å². The number of rotatable bonds is 3. The van der Waals surface area contributed by atoms with Crippen LogP contribution < -0.4 is 5.49 Å². The standard InChI is InChI=1S/C18H13ClN6/c19-14-8-6-13(7-9-14)10-22-24-12-21-18-16(17(24)20)11-23-25(18)15-4-2-1-3-5-15/h1-12,20H/b20-17?,22-10+. The molecule has 0 amide bonds. The van der Waals surface area contributed by atoms with Gasteiger partial charge in [-0.1, -0.05) is 41.9 Å². The molecule has 2 aromatic carbocycles. The molecule has 0 radical (unpaired) electrons. The van der Waals surface area contributed by atoms with Gasteiger partial charge in [-0.2, -0.15) is 10.2 Å². The van der Waals surface area contributed by atoms with Crippen molar-refractivity contribution in [1.82, 2.24) is 19.4 Å². The number of aromatic nitrogens is 4. The van der Waals surface area contributed by atoms with E-state index in [9.17, 15) is 0 Å². The molecule has 0 aliphatic heterocycles. The fraction of sp³-hybridized carbons (Fsp3) is 0. The minimum Gasteiger partial charge on any atom is -0.282 e. The fourth-order valence-electron chi connectivity index (χ4n) is 2.45. The molecule has 0 aliphatic rings. The summed E-state index contributed by atoms with van der Waals surface area (Å²) in [5.41, 5.74) is 2.62. The van der Waals surface area contributed by atoms with Crippen LogP contribution in [0.3, 0.4) is 0 Å². The molecule has 0 spiro atoms. The molecule has 0 unspecified atom stereocenters. The third-order valence-electron chi connectivity index (χ3n) is 3.72. The normalized spacial score (nSPS) is 11.4. The van der Waals surface area contributed by atoms with Crippen molar-refractivity contribution in [1.29, 1.82) is 5.41 Å². The van der Waals surface area contributed by atoms with Gasteiger partial charge in [0.15, 0.2) is 11.1 Å².